The maximum Gasteiger partial charge on any atom is 0.0701 e. The molecule has 0 bridgehead atoms. The molecule has 0 saturated heterocycles. The van der Waals surface area contributed by atoms with Crippen LogP contribution in [-0.2, 0) is 14.2 Å². The summed E-state index contributed by atoms with van der Waals surface area (Å²) in [6.45, 7) is 13.2. The molecule has 114 valence electrons. The van der Waals surface area contributed by atoms with E-state index in [2.05, 4.69) is 25.7 Å². The van der Waals surface area contributed by atoms with Crippen LogP contribution in [0.4, 0.5) is 0 Å². The molecule has 0 aliphatic heterocycles. The van der Waals surface area contributed by atoms with Crippen LogP contribution in [0, 0.1) is 0 Å². The molecule has 0 rings (SSSR count). The van der Waals surface area contributed by atoms with Crippen LogP contribution in [0.1, 0.15) is 39.5 Å². The van der Waals surface area contributed by atoms with Crippen molar-refractivity contribution in [3.63, 3.8) is 0 Å². The summed E-state index contributed by atoms with van der Waals surface area (Å²) in [5, 5.41) is 3.26. The van der Waals surface area contributed by atoms with Crippen LogP contribution < -0.4 is 5.32 Å². The van der Waals surface area contributed by atoms with Crippen LogP contribution in [-0.4, -0.2) is 46.2 Å². The largest absolute Gasteiger partial charge is 0.387 e. The highest BCUT2D eigenvalue weighted by atomic mass is 16.5. The highest BCUT2D eigenvalue weighted by Gasteiger charge is 1.94. The van der Waals surface area contributed by atoms with Crippen molar-refractivity contribution in [3.8, 4) is 0 Å². The van der Waals surface area contributed by atoms with E-state index < -0.39 is 0 Å². The zero-order valence-electron chi connectivity index (χ0n) is 12.7. The Bertz CT molecular complexity index is 198. The summed E-state index contributed by atoms with van der Waals surface area (Å²) >= 11 is 0. The van der Waals surface area contributed by atoms with E-state index in [1.165, 1.54) is 12.8 Å². The lowest BCUT2D eigenvalue weighted by Crippen LogP contribution is -2.20. The first-order chi connectivity index (χ1) is 9.31. The third-order valence-corrected chi connectivity index (χ3v) is 2.55. The van der Waals surface area contributed by atoms with Gasteiger partial charge in [0.2, 0.25) is 0 Å². The van der Waals surface area contributed by atoms with Gasteiger partial charge in [0.1, 0.15) is 0 Å². The molecular formula is C15H31NO3. The maximum atomic E-state index is 5.45. The number of hydrogen-bond acceptors (Lipinski definition) is 4. The Labute approximate surface area is 118 Å². The van der Waals surface area contributed by atoms with Gasteiger partial charge in [-0.1, -0.05) is 26.8 Å². The van der Waals surface area contributed by atoms with Gasteiger partial charge >= 0.3 is 0 Å². The van der Waals surface area contributed by atoms with E-state index in [9.17, 15) is 0 Å². The van der Waals surface area contributed by atoms with E-state index in [-0.39, 0.29) is 0 Å². The number of nitrogens with one attached hydrogen (secondary N) is 1. The number of rotatable bonds is 15. The van der Waals surface area contributed by atoms with Crippen molar-refractivity contribution >= 4 is 0 Å². The van der Waals surface area contributed by atoms with E-state index >= 15 is 0 Å². The summed E-state index contributed by atoms with van der Waals surface area (Å²) < 4.78 is 16.1. The van der Waals surface area contributed by atoms with Gasteiger partial charge in [0.05, 0.1) is 33.0 Å². The Morgan fingerprint density at radius 1 is 0.842 bits per heavy atom. The van der Waals surface area contributed by atoms with Gasteiger partial charge in [0.15, 0.2) is 0 Å². The molecule has 0 aromatic heterocycles. The minimum atomic E-state index is 0.631. The van der Waals surface area contributed by atoms with Gasteiger partial charge in [-0.3, -0.25) is 0 Å². The lowest BCUT2D eigenvalue weighted by atomic mass is 10.2. The van der Waals surface area contributed by atoms with Gasteiger partial charge in [0, 0.05) is 18.8 Å². The smallest absolute Gasteiger partial charge is 0.0701 e. The predicted octanol–water partition coefficient (Wildman–Crippen LogP) is 2.74. The molecule has 0 aliphatic carbocycles. The Morgan fingerprint density at radius 2 is 1.42 bits per heavy atom. The molecule has 0 radical (unpaired) electrons. The molecule has 0 aromatic carbocycles. The fourth-order valence-corrected chi connectivity index (χ4v) is 1.46. The van der Waals surface area contributed by atoms with Crippen LogP contribution in [0.3, 0.4) is 0 Å². The van der Waals surface area contributed by atoms with Gasteiger partial charge < -0.3 is 19.5 Å². The Balaban J connectivity index is 3.04. The van der Waals surface area contributed by atoms with Crippen molar-refractivity contribution in [2.45, 2.75) is 39.5 Å². The third kappa shape index (κ3) is 15.4. The summed E-state index contributed by atoms with van der Waals surface area (Å²) in [6, 6.07) is 0. The highest BCUT2D eigenvalue weighted by molar-refractivity contribution is 4.90. The average Bonchev–Trinajstić information content (AvgIpc) is 2.42. The molecule has 0 atom stereocenters. The summed E-state index contributed by atoms with van der Waals surface area (Å²) in [6.07, 6.45) is 4.51. The topological polar surface area (TPSA) is 39.7 Å². The first kappa shape index (κ1) is 18.4. The maximum absolute atomic E-state index is 5.45. The standard InChI is InChI=1S/C15H31NO3/c1-4-6-7-15(3)16-8-10-18-12-14-19-13-11-17-9-5-2/h16H,3-14H2,1-2H3. The molecule has 0 aromatic rings. The van der Waals surface area contributed by atoms with Crippen molar-refractivity contribution in [1.82, 2.24) is 5.32 Å². The SMILES string of the molecule is C=C(CCCC)NCCOCCOCCOCCC. The molecule has 0 aliphatic rings. The first-order valence-electron chi connectivity index (χ1n) is 7.46. The minimum absolute atomic E-state index is 0.631. The normalized spacial score (nSPS) is 10.6. The summed E-state index contributed by atoms with van der Waals surface area (Å²) in [5.74, 6) is 0. The zero-order valence-corrected chi connectivity index (χ0v) is 12.7. The van der Waals surface area contributed by atoms with Crippen LogP contribution in [0.15, 0.2) is 12.3 Å². The predicted molar refractivity (Wildman–Crippen MR) is 79.4 cm³/mol. The molecule has 0 saturated carbocycles. The lowest BCUT2D eigenvalue weighted by Gasteiger charge is -2.09. The molecule has 4 nitrogen and oxygen atoms in total. The van der Waals surface area contributed by atoms with Crippen LogP contribution in [0.5, 0.6) is 0 Å². The second-order valence-electron chi connectivity index (χ2n) is 4.47. The van der Waals surface area contributed by atoms with Crippen molar-refractivity contribution in [3.05, 3.63) is 12.3 Å². The number of ether oxygens (including phenoxy) is 3. The van der Waals surface area contributed by atoms with Crippen LogP contribution in [0.25, 0.3) is 0 Å². The quantitative estimate of drug-likeness (QED) is 0.466. The second kappa shape index (κ2) is 15.5. The lowest BCUT2D eigenvalue weighted by molar-refractivity contribution is 0.0155. The molecular weight excluding hydrogens is 242 g/mol. The molecule has 1 N–H and O–H groups in total. The molecule has 4 heteroatoms. The van der Waals surface area contributed by atoms with Crippen molar-refractivity contribution in [1.29, 1.82) is 0 Å². The summed E-state index contributed by atoms with van der Waals surface area (Å²) in [4.78, 5) is 0. The van der Waals surface area contributed by atoms with Gasteiger partial charge in [0.25, 0.3) is 0 Å². The van der Waals surface area contributed by atoms with E-state index in [1.54, 1.807) is 0 Å². The monoisotopic (exact) mass is 273 g/mol. The fraction of sp³-hybridized carbons (Fsp3) is 0.867. The van der Waals surface area contributed by atoms with E-state index in [0.29, 0.717) is 33.0 Å². The van der Waals surface area contributed by atoms with Crippen LogP contribution >= 0.6 is 0 Å². The van der Waals surface area contributed by atoms with E-state index in [1.807, 2.05) is 0 Å². The van der Waals surface area contributed by atoms with Crippen molar-refractivity contribution < 1.29 is 14.2 Å². The fourth-order valence-electron chi connectivity index (χ4n) is 1.46. The van der Waals surface area contributed by atoms with Crippen molar-refractivity contribution in [2.24, 2.45) is 0 Å². The molecule has 0 heterocycles. The average molecular weight is 273 g/mol. The molecule has 0 unspecified atom stereocenters. The Kier molecular flexibility index (Phi) is 15.0. The van der Waals surface area contributed by atoms with Crippen molar-refractivity contribution in [2.75, 3.05) is 46.2 Å². The number of allylic oxidation sites excluding steroid dienone is 1. The molecule has 19 heavy (non-hydrogen) atoms. The highest BCUT2D eigenvalue weighted by Crippen LogP contribution is 2.00. The van der Waals surface area contributed by atoms with E-state index in [4.69, 9.17) is 14.2 Å². The van der Waals surface area contributed by atoms with Gasteiger partial charge in [-0.2, -0.15) is 0 Å². The zero-order chi connectivity index (χ0) is 14.2. The second-order valence-corrected chi connectivity index (χ2v) is 4.47. The summed E-state index contributed by atoms with van der Waals surface area (Å²) in [5.41, 5.74) is 1.11. The van der Waals surface area contributed by atoms with E-state index in [0.717, 1.165) is 31.7 Å². The number of unbranched alkanes of at least 4 members (excludes halogenated alkanes) is 1. The Morgan fingerprint density at radius 3 is 2.00 bits per heavy atom. The molecule has 0 amide bonds. The van der Waals surface area contributed by atoms with Gasteiger partial charge in [-0.05, 0) is 19.3 Å². The van der Waals surface area contributed by atoms with Gasteiger partial charge in [-0.25, -0.2) is 0 Å². The van der Waals surface area contributed by atoms with Gasteiger partial charge in [-0.15, -0.1) is 0 Å². The Hall–Kier alpha value is -0.580. The third-order valence-electron chi connectivity index (χ3n) is 2.55. The van der Waals surface area contributed by atoms with Crippen LogP contribution in [0.2, 0.25) is 0 Å². The number of hydrogen-bond donors (Lipinski definition) is 1. The summed E-state index contributed by atoms with van der Waals surface area (Å²) in [7, 11) is 0. The first-order valence-corrected chi connectivity index (χ1v) is 7.46. The molecule has 0 spiro atoms. The minimum Gasteiger partial charge on any atom is -0.387 e. The molecule has 0 fully saturated rings.